The molecule has 0 fully saturated rings. The second-order valence-electron chi connectivity index (χ2n) is 4.56. The molecule has 86 valence electrons. The fraction of sp³-hybridized carbons (Fsp3) is 0.200. The van der Waals surface area contributed by atoms with Gasteiger partial charge >= 0.3 is 0 Å². The first kappa shape index (κ1) is 10.7. The van der Waals surface area contributed by atoms with Crippen molar-refractivity contribution in [3.05, 3.63) is 64.2 Å². The molecule has 0 aromatic heterocycles. The number of nitrogens with one attached hydrogen (secondary N) is 1. The average Bonchev–Trinajstić information content (AvgIpc) is 2.74. The highest BCUT2D eigenvalue weighted by Gasteiger charge is 2.22. The number of benzene rings is 2. The van der Waals surface area contributed by atoms with Crippen molar-refractivity contribution in [1.29, 1.82) is 0 Å². The van der Waals surface area contributed by atoms with Crippen LogP contribution in [0.3, 0.4) is 0 Å². The van der Waals surface area contributed by atoms with E-state index in [1.165, 1.54) is 22.4 Å². The lowest BCUT2D eigenvalue weighted by atomic mass is 10.0. The fourth-order valence-electron chi connectivity index (χ4n) is 2.48. The third-order valence-corrected chi connectivity index (χ3v) is 3.63. The molecule has 1 atom stereocenters. The Balaban J connectivity index is 1.94. The van der Waals surface area contributed by atoms with E-state index in [1.54, 1.807) is 0 Å². The molecular formula is C15H14ClN. The summed E-state index contributed by atoms with van der Waals surface area (Å²) in [7, 11) is 0. The molecule has 0 saturated heterocycles. The highest BCUT2D eigenvalue weighted by Crippen LogP contribution is 2.36. The zero-order valence-corrected chi connectivity index (χ0v) is 10.5. The SMILES string of the molecule is Cc1cccc2c1CC(c1cccc(Cl)c1)N2. The second-order valence-corrected chi connectivity index (χ2v) is 4.99. The van der Waals surface area contributed by atoms with E-state index in [0.717, 1.165) is 11.4 Å². The van der Waals surface area contributed by atoms with Crippen molar-refractivity contribution in [3.8, 4) is 0 Å². The van der Waals surface area contributed by atoms with Crippen molar-refractivity contribution < 1.29 is 0 Å². The predicted molar refractivity (Wildman–Crippen MR) is 72.7 cm³/mol. The summed E-state index contributed by atoms with van der Waals surface area (Å²) < 4.78 is 0. The van der Waals surface area contributed by atoms with Gasteiger partial charge in [-0.15, -0.1) is 0 Å². The van der Waals surface area contributed by atoms with E-state index in [4.69, 9.17) is 11.6 Å². The molecule has 1 aliphatic heterocycles. The lowest BCUT2D eigenvalue weighted by Gasteiger charge is -2.11. The van der Waals surface area contributed by atoms with Gasteiger partial charge in [0.05, 0.1) is 6.04 Å². The third-order valence-electron chi connectivity index (χ3n) is 3.40. The lowest BCUT2D eigenvalue weighted by molar-refractivity contribution is 0.821. The van der Waals surface area contributed by atoms with Crippen LogP contribution >= 0.6 is 11.6 Å². The van der Waals surface area contributed by atoms with E-state index in [2.05, 4.69) is 36.5 Å². The minimum absolute atomic E-state index is 0.352. The molecule has 1 heterocycles. The summed E-state index contributed by atoms with van der Waals surface area (Å²) in [5, 5.41) is 4.36. The van der Waals surface area contributed by atoms with Gasteiger partial charge in [-0.2, -0.15) is 0 Å². The quantitative estimate of drug-likeness (QED) is 0.785. The molecule has 0 spiro atoms. The summed E-state index contributed by atoms with van der Waals surface area (Å²) in [4.78, 5) is 0. The molecular weight excluding hydrogens is 230 g/mol. The highest BCUT2D eigenvalue weighted by molar-refractivity contribution is 6.30. The van der Waals surface area contributed by atoms with Gasteiger partial charge in [0.25, 0.3) is 0 Å². The van der Waals surface area contributed by atoms with Crippen LogP contribution in [0.15, 0.2) is 42.5 Å². The summed E-state index contributed by atoms with van der Waals surface area (Å²) in [5.41, 5.74) is 5.31. The van der Waals surface area contributed by atoms with Gasteiger partial charge < -0.3 is 5.32 Å². The van der Waals surface area contributed by atoms with Crippen LogP contribution in [0.25, 0.3) is 0 Å². The Labute approximate surface area is 106 Å². The van der Waals surface area contributed by atoms with Crippen molar-refractivity contribution >= 4 is 17.3 Å². The fourth-order valence-corrected chi connectivity index (χ4v) is 2.67. The number of rotatable bonds is 1. The van der Waals surface area contributed by atoms with Gasteiger partial charge in [-0.05, 0) is 48.2 Å². The minimum atomic E-state index is 0.352. The largest absolute Gasteiger partial charge is 0.378 e. The van der Waals surface area contributed by atoms with Crippen molar-refractivity contribution in [3.63, 3.8) is 0 Å². The zero-order valence-electron chi connectivity index (χ0n) is 9.70. The van der Waals surface area contributed by atoms with Gasteiger partial charge in [0.2, 0.25) is 0 Å². The molecule has 0 radical (unpaired) electrons. The molecule has 0 amide bonds. The van der Waals surface area contributed by atoms with Crippen LogP contribution in [0.1, 0.15) is 22.7 Å². The van der Waals surface area contributed by atoms with Crippen LogP contribution in [0.4, 0.5) is 5.69 Å². The standard InChI is InChI=1S/C15H14ClN/c1-10-4-2-7-14-13(10)9-15(17-14)11-5-3-6-12(16)8-11/h2-8,15,17H,9H2,1H3. The van der Waals surface area contributed by atoms with E-state index in [9.17, 15) is 0 Å². The molecule has 0 bridgehead atoms. The maximum Gasteiger partial charge on any atom is 0.0555 e. The topological polar surface area (TPSA) is 12.0 Å². The van der Waals surface area contributed by atoms with Gasteiger partial charge in [-0.3, -0.25) is 0 Å². The first-order valence-electron chi connectivity index (χ1n) is 5.84. The number of fused-ring (bicyclic) bond motifs is 1. The summed E-state index contributed by atoms with van der Waals surface area (Å²) in [6, 6.07) is 14.9. The Morgan fingerprint density at radius 2 is 2.00 bits per heavy atom. The molecule has 17 heavy (non-hydrogen) atoms. The maximum absolute atomic E-state index is 6.04. The van der Waals surface area contributed by atoms with Crippen molar-refractivity contribution in [1.82, 2.24) is 0 Å². The van der Waals surface area contributed by atoms with E-state index in [1.807, 2.05) is 18.2 Å². The monoisotopic (exact) mass is 243 g/mol. The highest BCUT2D eigenvalue weighted by atomic mass is 35.5. The zero-order chi connectivity index (χ0) is 11.8. The predicted octanol–water partition coefficient (Wildman–Crippen LogP) is 4.36. The third kappa shape index (κ3) is 1.91. The average molecular weight is 244 g/mol. The van der Waals surface area contributed by atoms with Crippen LogP contribution in [-0.4, -0.2) is 0 Å². The van der Waals surface area contributed by atoms with Crippen molar-refractivity contribution in [2.45, 2.75) is 19.4 Å². The Kier molecular flexibility index (Phi) is 2.56. The Bertz CT molecular complexity index is 563. The van der Waals surface area contributed by atoms with E-state index >= 15 is 0 Å². The molecule has 1 aliphatic rings. The van der Waals surface area contributed by atoms with E-state index in [-0.39, 0.29) is 0 Å². The van der Waals surface area contributed by atoms with Crippen LogP contribution in [0.2, 0.25) is 5.02 Å². The summed E-state index contributed by atoms with van der Waals surface area (Å²) in [5.74, 6) is 0. The smallest absolute Gasteiger partial charge is 0.0555 e. The van der Waals surface area contributed by atoms with E-state index in [0.29, 0.717) is 6.04 Å². The molecule has 2 heteroatoms. The number of aryl methyl sites for hydroxylation is 1. The number of anilines is 1. The minimum Gasteiger partial charge on any atom is -0.378 e. The first-order valence-corrected chi connectivity index (χ1v) is 6.22. The lowest BCUT2D eigenvalue weighted by Crippen LogP contribution is -2.05. The number of hydrogen-bond donors (Lipinski definition) is 1. The van der Waals surface area contributed by atoms with Crippen LogP contribution in [0, 0.1) is 6.92 Å². The second kappa shape index (κ2) is 4.08. The molecule has 3 rings (SSSR count). The molecule has 2 aromatic rings. The summed E-state index contributed by atoms with van der Waals surface area (Å²) in [6.07, 6.45) is 1.04. The van der Waals surface area contributed by atoms with Gasteiger partial charge in [-0.25, -0.2) is 0 Å². The van der Waals surface area contributed by atoms with Gasteiger partial charge in [0, 0.05) is 10.7 Å². The molecule has 1 N–H and O–H groups in total. The van der Waals surface area contributed by atoms with Gasteiger partial charge in [0.15, 0.2) is 0 Å². The van der Waals surface area contributed by atoms with Crippen LogP contribution in [-0.2, 0) is 6.42 Å². The first-order chi connectivity index (χ1) is 8.24. The van der Waals surface area contributed by atoms with Crippen molar-refractivity contribution in [2.24, 2.45) is 0 Å². The van der Waals surface area contributed by atoms with Crippen LogP contribution in [0.5, 0.6) is 0 Å². The number of hydrogen-bond acceptors (Lipinski definition) is 1. The molecule has 0 aliphatic carbocycles. The van der Waals surface area contributed by atoms with Crippen LogP contribution < -0.4 is 5.32 Å². The van der Waals surface area contributed by atoms with Gasteiger partial charge in [-0.1, -0.05) is 35.9 Å². The van der Waals surface area contributed by atoms with E-state index < -0.39 is 0 Å². The molecule has 0 saturated carbocycles. The Hall–Kier alpha value is -1.47. The molecule has 2 aromatic carbocycles. The van der Waals surface area contributed by atoms with Gasteiger partial charge in [0.1, 0.15) is 0 Å². The normalized spacial score (nSPS) is 17.6. The maximum atomic E-state index is 6.04. The number of halogens is 1. The summed E-state index contributed by atoms with van der Waals surface area (Å²) in [6.45, 7) is 2.17. The molecule has 1 nitrogen and oxygen atoms in total. The molecule has 1 unspecified atom stereocenters. The Morgan fingerprint density at radius 1 is 1.18 bits per heavy atom. The summed E-state index contributed by atoms with van der Waals surface area (Å²) >= 11 is 6.04. The van der Waals surface area contributed by atoms with Crippen molar-refractivity contribution in [2.75, 3.05) is 5.32 Å². The Morgan fingerprint density at radius 3 is 2.76 bits per heavy atom.